The van der Waals surface area contributed by atoms with E-state index >= 15 is 0 Å². The zero-order valence-electron chi connectivity index (χ0n) is 8.48. The molecular weight excluding hydrogens is 176 g/mol. The minimum Gasteiger partial charge on any atom is -0.306 e. The first kappa shape index (κ1) is 9.55. The van der Waals surface area contributed by atoms with Crippen molar-refractivity contribution in [2.45, 2.75) is 19.0 Å². The average Bonchev–Trinajstić information content (AvgIpc) is 2.63. The Morgan fingerprint density at radius 1 is 1.50 bits per heavy atom. The highest BCUT2D eigenvalue weighted by atomic mass is 15.2. The van der Waals surface area contributed by atoms with Crippen molar-refractivity contribution in [1.82, 2.24) is 20.2 Å². The van der Waals surface area contributed by atoms with E-state index in [9.17, 15) is 0 Å². The molecule has 0 radical (unpaired) electrons. The van der Waals surface area contributed by atoms with Crippen molar-refractivity contribution in [3.05, 3.63) is 24.3 Å². The van der Waals surface area contributed by atoms with Crippen LogP contribution in [0.2, 0.25) is 0 Å². The van der Waals surface area contributed by atoms with Crippen molar-refractivity contribution in [2.24, 2.45) is 0 Å². The highest BCUT2D eigenvalue weighted by Gasteiger charge is 2.18. The Bertz CT molecular complexity index is 275. The number of rotatable bonds is 3. The van der Waals surface area contributed by atoms with E-state index in [0.29, 0.717) is 6.04 Å². The summed E-state index contributed by atoms with van der Waals surface area (Å²) in [6, 6.07) is 2.44. The zero-order valence-corrected chi connectivity index (χ0v) is 8.48. The molecule has 0 aromatic carbocycles. The van der Waals surface area contributed by atoms with Gasteiger partial charge in [0.1, 0.15) is 5.82 Å². The number of hydrogen-bond donors (Lipinski definition) is 1. The van der Waals surface area contributed by atoms with Crippen molar-refractivity contribution < 1.29 is 0 Å². The lowest BCUT2D eigenvalue weighted by Crippen LogP contribution is -2.31. The molecule has 1 aliphatic heterocycles. The zero-order chi connectivity index (χ0) is 9.80. The average molecular weight is 192 g/mol. The lowest BCUT2D eigenvalue weighted by molar-refractivity contribution is 0.396. The first-order valence-corrected chi connectivity index (χ1v) is 5.02. The second-order valence-electron chi connectivity index (χ2n) is 3.79. The van der Waals surface area contributed by atoms with Gasteiger partial charge in [-0.05, 0) is 26.1 Å². The Balaban J connectivity index is 1.78. The molecule has 0 saturated carbocycles. The third-order valence-electron chi connectivity index (χ3n) is 2.56. The van der Waals surface area contributed by atoms with E-state index in [0.717, 1.165) is 18.9 Å². The maximum absolute atomic E-state index is 4.17. The number of likely N-dealkylation sites (N-methyl/N-ethyl adjacent to an activating group) is 1. The van der Waals surface area contributed by atoms with Crippen LogP contribution in [0, 0.1) is 0 Å². The summed E-state index contributed by atoms with van der Waals surface area (Å²) in [5.41, 5.74) is 0. The van der Waals surface area contributed by atoms with Crippen molar-refractivity contribution in [3.8, 4) is 0 Å². The number of nitrogens with zero attached hydrogens (tertiary/aromatic N) is 3. The predicted octanol–water partition coefficient (Wildman–Crippen LogP) is 0.270. The summed E-state index contributed by atoms with van der Waals surface area (Å²) in [4.78, 5) is 10.7. The van der Waals surface area contributed by atoms with Gasteiger partial charge in [-0.1, -0.05) is 0 Å². The standard InChI is InChI=1S/C10H16N4/c1-14-6-3-9(8-14)13-7-10-11-4-2-5-12-10/h2,4-5,9,13H,3,6-8H2,1H3. The fourth-order valence-electron chi connectivity index (χ4n) is 1.76. The van der Waals surface area contributed by atoms with Gasteiger partial charge in [0.05, 0.1) is 6.54 Å². The smallest absolute Gasteiger partial charge is 0.141 e. The molecule has 0 amide bonds. The number of likely N-dealkylation sites (tertiary alicyclic amines) is 1. The first-order chi connectivity index (χ1) is 6.84. The third kappa shape index (κ3) is 2.49. The molecule has 14 heavy (non-hydrogen) atoms. The minimum atomic E-state index is 0.601. The van der Waals surface area contributed by atoms with E-state index in [1.165, 1.54) is 13.0 Å². The van der Waals surface area contributed by atoms with Gasteiger partial charge in [-0.2, -0.15) is 0 Å². The van der Waals surface area contributed by atoms with Crippen LogP contribution in [0.1, 0.15) is 12.2 Å². The highest BCUT2D eigenvalue weighted by Crippen LogP contribution is 2.06. The molecule has 4 nitrogen and oxygen atoms in total. The Morgan fingerprint density at radius 3 is 2.93 bits per heavy atom. The van der Waals surface area contributed by atoms with Gasteiger partial charge in [0.2, 0.25) is 0 Å². The van der Waals surface area contributed by atoms with Gasteiger partial charge in [-0.3, -0.25) is 0 Å². The van der Waals surface area contributed by atoms with E-state index in [-0.39, 0.29) is 0 Å². The molecule has 1 unspecified atom stereocenters. The van der Waals surface area contributed by atoms with E-state index in [1.54, 1.807) is 12.4 Å². The van der Waals surface area contributed by atoms with Crippen molar-refractivity contribution in [3.63, 3.8) is 0 Å². The van der Waals surface area contributed by atoms with E-state index in [4.69, 9.17) is 0 Å². The molecular formula is C10H16N4. The lowest BCUT2D eigenvalue weighted by Gasteiger charge is -2.11. The van der Waals surface area contributed by atoms with Crippen LogP contribution < -0.4 is 5.32 Å². The fourth-order valence-corrected chi connectivity index (χ4v) is 1.76. The van der Waals surface area contributed by atoms with Crippen molar-refractivity contribution >= 4 is 0 Å². The van der Waals surface area contributed by atoms with E-state index < -0.39 is 0 Å². The summed E-state index contributed by atoms with van der Waals surface area (Å²) >= 11 is 0. The van der Waals surface area contributed by atoms with Crippen LogP contribution in [0.5, 0.6) is 0 Å². The topological polar surface area (TPSA) is 41.0 Å². The van der Waals surface area contributed by atoms with Gasteiger partial charge in [-0.15, -0.1) is 0 Å². The van der Waals surface area contributed by atoms with Crippen LogP contribution in [0.4, 0.5) is 0 Å². The maximum atomic E-state index is 4.17. The molecule has 1 fully saturated rings. The van der Waals surface area contributed by atoms with Crippen LogP contribution in [-0.2, 0) is 6.54 Å². The van der Waals surface area contributed by atoms with Crippen LogP contribution in [0.3, 0.4) is 0 Å². The highest BCUT2D eigenvalue weighted by molar-refractivity contribution is 4.89. The Labute approximate surface area is 84.4 Å². The first-order valence-electron chi connectivity index (χ1n) is 5.02. The largest absolute Gasteiger partial charge is 0.306 e. The maximum Gasteiger partial charge on any atom is 0.141 e. The lowest BCUT2D eigenvalue weighted by atomic mass is 10.2. The van der Waals surface area contributed by atoms with Crippen LogP contribution in [-0.4, -0.2) is 41.0 Å². The molecule has 2 rings (SSSR count). The summed E-state index contributed by atoms with van der Waals surface area (Å²) < 4.78 is 0. The van der Waals surface area contributed by atoms with Crippen molar-refractivity contribution in [2.75, 3.05) is 20.1 Å². The van der Waals surface area contributed by atoms with E-state index in [1.807, 2.05) is 6.07 Å². The van der Waals surface area contributed by atoms with Crippen LogP contribution in [0.15, 0.2) is 18.5 Å². The minimum absolute atomic E-state index is 0.601. The quantitative estimate of drug-likeness (QED) is 0.746. The molecule has 76 valence electrons. The van der Waals surface area contributed by atoms with Gasteiger partial charge >= 0.3 is 0 Å². The van der Waals surface area contributed by atoms with Crippen molar-refractivity contribution in [1.29, 1.82) is 0 Å². The third-order valence-corrected chi connectivity index (χ3v) is 2.56. The molecule has 1 aliphatic rings. The van der Waals surface area contributed by atoms with Crippen LogP contribution in [0.25, 0.3) is 0 Å². The monoisotopic (exact) mass is 192 g/mol. The summed E-state index contributed by atoms with van der Waals surface area (Å²) in [6.45, 7) is 3.10. The van der Waals surface area contributed by atoms with Gasteiger partial charge < -0.3 is 10.2 Å². The van der Waals surface area contributed by atoms with Gasteiger partial charge in [0, 0.05) is 25.0 Å². The normalized spacial score (nSPS) is 22.8. The Hall–Kier alpha value is -1.00. The predicted molar refractivity (Wildman–Crippen MR) is 54.8 cm³/mol. The molecule has 0 aliphatic carbocycles. The second kappa shape index (κ2) is 4.48. The number of nitrogens with one attached hydrogen (secondary N) is 1. The Morgan fingerprint density at radius 2 is 2.29 bits per heavy atom. The molecule has 0 spiro atoms. The summed E-state index contributed by atoms with van der Waals surface area (Å²) in [5.74, 6) is 0.877. The Kier molecular flexibility index (Phi) is 3.06. The van der Waals surface area contributed by atoms with E-state index in [2.05, 4.69) is 27.2 Å². The molecule has 0 bridgehead atoms. The molecule has 4 heteroatoms. The van der Waals surface area contributed by atoms with Gasteiger partial charge in [-0.25, -0.2) is 9.97 Å². The summed E-state index contributed by atoms with van der Waals surface area (Å²) in [7, 11) is 2.15. The molecule has 1 saturated heterocycles. The summed E-state index contributed by atoms with van der Waals surface area (Å²) in [6.07, 6.45) is 4.79. The fraction of sp³-hybridized carbons (Fsp3) is 0.600. The second-order valence-corrected chi connectivity index (χ2v) is 3.79. The number of hydrogen-bond acceptors (Lipinski definition) is 4. The molecule has 1 atom stereocenters. The van der Waals surface area contributed by atoms with Gasteiger partial charge in [0.25, 0.3) is 0 Å². The molecule has 2 heterocycles. The number of aromatic nitrogens is 2. The molecule has 1 N–H and O–H groups in total. The SMILES string of the molecule is CN1CCC(NCc2ncccn2)C1. The van der Waals surface area contributed by atoms with Gasteiger partial charge in [0.15, 0.2) is 0 Å². The molecule has 1 aromatic rings. The van der Waals surface area contributed by atoms with Crippen LogP contribution >= 0.6 is 0 Å². The summed E-state index contributed by atoms with van der Waals surface area (Å²) in [5, 5.41) is 3.46. The molecule has 1 aromatic heterocycles.